The molecule has 0 radical (unpaired) electrons. The van der Waals surface area contributed by atoms with Crippen molar-refractivity contribution in [1.29, 1.82) is 0 Å². The number of nitrogens with zero attached hydrogens (tertiary/aromatic N) is 2. The summed E-state index contributed by atoms with van der Waals surface area (Å²) in [6, 6.07) is 8.30. The maximum absolute atomic E-state index is 12.2. The van der Waals surface area contributed by atoms with Gasteiger partial charge in [0.2, 0.25) is 0 Å². The van der Waals surface area contributed by atoms with Crippen LogP contribution in [0.3, 0.4) is 0 Å². The molecule has 1 saturated heterocycles. The molecule has 1 atom stereocenters. The Morgan fingerprint density at radius 1 is 1.30 bits per heavy atom. The summed E-state index contributed by atoms with van der Waals surface area (Å²) in [6.07, 6.45) is 0.453. The van der Waals surface area contributed by atoms with Crippen LogP contribution in [0.15, 0.2) is 30.3 Å². The highest BCUT2D eigenvalue weighted by Crippen LogP contribution is 2.27. The van der Waals surface area contributed by atoms with Crippen molar-refractivity contribution in [2.24, 2.45) is 0 Å². The largest absolute Gasteiger partial charge is 0.452 e. The lowest BCUT2D eigenvalue weighted by atomic mass is 10.1. The fourth-order valence-electron chi connectivity index (χ4n) is 3.05. The second kappa shape index (κ2) is 7.51. The monoisotopic (exact) mass is 391 g/mol. The number of hydrogen-bond donors (Lipinski definition) is 1. The van der Waals surface area contributed by atoms with Crippen LogP contribution in [-0.2, 0) is 19.4 Å². The highest BCUT2D eigenvalue weighted by molar-refractivity contribution is 7.91. The van der Waals surface area contributed by atoms with Gasteiger partial charge < -0.3 is 10.1 Å². The van der Waals surface area contributed by atoms with E-state index in [-0.39, 0.29) is 17.5 Å². The Morgan fingerprint density at radius 3 is 2.70 bits per heavy atom. The molecule has 3 rings (SSSR count). The van der Waals surface area contributed by atoms with Crippen molar-refractivity contribution >= 4 is 27.5 Å². The average molecular weight is 391 g/mol. The highest BCUT2D eigenvalue weighted by atomic mass is 32.2. The maximum Gasteiger partial charge on any atom is 0.338 e. The van der Waals surface area contributed by atoms with Gasteiger partial charge in [-0.25, -0.2) is 17.9 Å². The first-order valence-corrected chi connectivity index (χ1v) is 10.4. The normalized spacial score (nSPS) is 18.2. The zero-order chi connectivity index (χ0) is 19.6. The number of benzene rings is 1. The molecule has 8 nitrogen and oxygen atoms in total. The molecule has 0 spiro atoms. The van der Waals surface area contributed by atoms with Gasteiger partial charge in [-0.1, -0.05) is 18.2 Å². The van der Waals surface area contributed by atoms with Crippen molar-refractivity contribution in [2.75, 3.05) is 23.4 Å². The Hall–Kier alpha value is -2.68. The van der Waals surface area contributed by atoms with Crippen LogP contribution in [0.2, 0.25) is 0 Å². The smallest absolute Gasteiger partial charge is 0.338 e. The predicted molar refractivity (Wildman–Crippen MR) is 99.4 cm³/mol. The molecule has 27 heavy (non-hydrogen) atoms. The summed E-state index contributed by atoms with van der Waals surface area (Å²) in [6.45, 7) is 3.10. The molecule has 1 aliphatic heterocycles. The fourth-order valence-corrected chi connectivity index (χ4v) is 4.74. The minimum Gasteiger partial charge on any atom is -0.452 e. The Kier molecular flexibility index (Phi) is 5.31. The van der Waals surface area contributed by atoms with Crippen molar-refractivity contribution in [3.05, 3.63) is 47.2 Å². The lowest BCUT2D eigenvalue weighted by Crippen LogP contribution is -2.24. The van der Waals surface area contributed by atoms with Crippen molar-refractivity contribution in [1.82, 2.24) is 9.78 Å². The zero-order valence-corrected chi connectivity index (χ0v) is 16.0. The number of ether oxygens (including phenoxy) is 1. The van der Waals surface area contributed by atoms with Crippen LogP contribution in [0.1, 0.15) is 34.1 Å². The van der Waals surface area contributed by atoms with E-state index in [1.807, 2.05) is 6.07 Å². The molecule has 1 aromatic heterocycles. The number of hydrogen-bond acceptors (Lipinski definition) is 6. The zero-order valence-electron chi connectivity index (χ0n) is 15.1. The van der Waals surface area contributed by atoms with Gasteiger partial charge in [0.25, 0.3) is 5.91 Å². The number of carbonyl (C=O) groups excluding carboxylic acids is 2. The first-order chi connectivity index (χ1) is 12.7. The third-order valence-corrected chi connectivity index (χ3v) is 6.13. The van der Waals surface area contributed by atoms with Gasteiger partial charge in [-0.2, -0.15) is 5.10 Å². The molecule has 144 valence electrons. The minimum atomic E-state index is -3.08. The van der Waals surface area contributed by atoms with E-state index in [4.69, 9.17) is 4.74 Å². The molecule has 0 aliphatic carbocycles. The van der Waals surface area contributed by atoms with Gasteiger partial charge >= 0.3 is 5.97 Å². The molecule has 1 aromatic carbocycles. The number of aryl methyl sites for hydroxylation is 2. The van der Waals surface area contributed by atoms with Gasteiger partial charge in [0.15, 0.2) is 16.4 Å². The van der Waals surface area contributed by atoms with E-state index in [9.17, 15) is 18.0 Å². The van der Waals surface area contributed by atoms with E-state index in [0.717, 1.165) is 5.56 Å². The van der Waals surface area contributed by atoms with Gasteiger partial charge in [0.1, 0.15) is 5.82 Å². The molecule has 9 heteroatoms. The lowest BCUT2D eigenvalue weighted by Gasteiger charge is -2.14. The van der Waals surface area contributed by atoms with Crippen LogP contribution in [-0.4, -0.2) is 48.2 Å². The number of sulfone groups is 1. The van der Waals surface area contributed by atoms with E-state index in [0.29, 0.717) is 23.5 Å². The van der Waals surface area contributed by atoms with Gasteiger partial charge in [-0.3, -0.25) is 4.79 Å². The van der Waals surface area contributed by atoms with Gasteiger partial charge in [0.05, 0.1) is 28.8 Å². The molecule has 2 aromatic rings. The third-order valence-electron chi connectivity index (χ3n) is 4.38. The van der Waals surface area contributed by atoms with Crippen molar-refractivity contribution in [3.63, 3.8) is 0 Å². The lowest BCUT2D eigenvalue weighted by molar-refractivity contribution is -0.119. The topological polar surface area (TPSA) is 107 Å². The van der Waals surface area contributed by atoms with Gasteiger partial charge in [-0.15, -0.1) is 0 Å². The summed E-state index contributed by atoms with van der Waals surface area (Å²) in [5, 5.41) is 6.94. The van der Waals surface area contributed by atoms with Gasteiger partial charge in [-0.05, 0) is 31.9 Å². The molecular weight excluding hydrogens is 370 g/mol. The second-order valence-corrected chi connectivity index (χ2v) is 8.84. The van der Waals surface area contributed by atoms with E-state index in [2.05, 4.69) is 10.4 Å². The summed E-state index contributed by atoms with van der Waals surface area (Å²) in [7, 11) is -3.08. The van der Waals surface area contributed by atoms with Crippen molar-refractivity contribution in [3.8, 4) is 0 Å². The van der Waals surface area contributed by atoms with Crippen LogP contribution >= 0.6 is 0 Å². The van der Waals surface area contributed by atoms with Crippen LogP contribution in [0.25, 0.3) is 0 Å². The number of nitrogens with one attached hydrogen (secondary N) is 1. The molecule has 0 bridgehead atoms. The number of amides is 1. The molecule has 1 unspecified atom stereocenters. The number of carbonyl (C=O) groups is 2. The SMILES string of the molecule is Cc1cc(NC(=O)COC(=O)c2ccccc2C)n(C2CCS(=O)(=O)C2)n1. The summed E-state index contributed by atoms with van der Waals surface area (Å²) >= 11 is 0. The van der Waals surface area contributed by atoms with E-state index in [1.54, 1.807) is 38.1 Å². The van der Waals surface area contributed by atoms with Gasteiger partial charge in [0, 0.05) is 6.07 Å². The number of aromatic nitrogens is 2. The summed E-state index contributed by atoms with van der Waals surface area (Å²) < 4.78 is 30.0. The molecule has 1 amide bonds. The van der Waals surface area contributed by atoms with Crippen molar-refractivity contribution in [2.45, 2.75) is 26.3 Å². The van der Waals surface area contributed by atoms with Crippen LogP contribution < -0.4 is 5.32 Å². The van der Waals surface area contributed by atoms with Crippen molar-refractivity contribution < 1.29 is 22.7 Å². The quantitative estimate of drug-likeness (QED) is 0.777. The van der Waals surface area contributed by atoms with E-state index in [1.165, 1.54) is 4.68 Å². The fraction of sp³-hybridized carbons (Fsp3) is 0.389. The summed E-state index contributed by atoms with van der Waals surface area (Å²) in [4.78, 5) is 24.3. The Bertz CT molecular complexity index is 981. The Labute approximate surface area is 157 Å². The molecular formula is C18H21N3O5S. The summed E-state index contributed by atoms with van der Waals surface area (Å²) in [5.74, 6) is -0.586. The standard InChI is InChI=1S/C18H21N3O5S/c1-12-5-3-4-6-15(12)18(23)26-10-17(22)19-16-9-13(2)20-21(16)14-7-8-27(24,25)11-14/h3-6,9,14H,7-8,10-11H2,1-2H3,(H,19,22). The predicted octanol–water partition coefficient (Wildman–Crippen LogP) is 1.66. The Morgan fingerprint density at radius 2 is 2.04 bits per heavy atom. The minimum absolute atomic E-state index is 0.000734. The third kappa shape index (κ3) is 4.54. The maximum atomic E-state index is 12.2. The number of anilines is 1. The molecule has 1 aliphatic rings. The first kappa shape index (κ1) is 19.1. The first-order valence-electron chi connectivity index (χ1n) is 8.54. The van der Waals surface area contributed by atoms with E-state index < -0.39 is 28.3 Å². The number of esters is 1. The molecule has 0 saturated carbocycles. The van der Waals surface area contributed by atoms with Crippen LogP contribution in [0, 0.1) is 13.8 Å². The second-order valence-electron chi connectivity index (χ2n) is 6.61. The van der Waals surface area contributed by atoms with Crippen LogP contribution in [0.5, 0.6) is 0 Å². The highest BCUT2D eigenvalue weighted by Gasteiger charge is 2.31. The Balaban J connectivity index is 1.63. The number of rotatable bonds is 5. The summed E-state index contributed by atoms with van der Waals surface area (Å²) in [5.41, 5.74) is 1.83. The van der Waals surface area contributed by atoms with E-state index >= 15 is 0 Å². The molecule has 1 fully saturated rings. The average Bonchev–Trinajstić information content (AvgIpc) is 3.14. The van der Waals surface area contributed by atoms with Crippen LogP contribution in [0.4, 0.5) is 5.82 Å². The molecule has 2 heterocycles. The molecule has 1 N–H and O–H groups in total.